The van der Waals surface area contributed by atoms with Crippen molar-refractivity contribution in [1.29, 1.82) is 5.26 Å². The molecule has 6 heavy (non-hydrogen) atoms. The smallest absolute Gasteiger partial charge is 0.243 e. The summed E-state index contributed by atoms with van der Waals surface area (Å²) in [6.45, 7) is 1.68. The van der Waals surface area contributed by atoms with Crippen molar-refractivity contribution in [2.75, 3.05) is 0 Å². The molecule has 0 aromatic heterocycles. The molecule has 0 heterocycles. The molecule has 1 N–H and O–H groups in total. The van der Waals surface area contributed by atoms with E-state index in [9.17, 15) is 0 Å². The van der Waals surface area contributed by atoms with Gasteiger partial charge in [-0.15, -0.1) is 0 Å². The van der Waals surface area contributed by atoms with Crippen LogP contribution in [0.25, 0.3) is 0 Å². The van der Waals surface area contributed by atoms with Gasteiger partial charge in [0.25, 0.3) is 0 Å². The van der Waals surface area contributed by atoms with E-state index in [0.717, 1.165) is 0 Å². The number of nitrogens with zero attached hydrogens (tertiary/aromatic N) is 1. The van der Waals surface area contributed by atoms with Crippen LogP contribution in [-0.2, 0) is 0 Å². The van der Waals surface area contributed by atoms with Crippen molar-refractivity contribution >= 4 is 9.76 Å². The first kappa shape index (κ1) is 5.67. The van der Waals surface area contributed by atoms with E-state index in [1.165, 1.54) is 0 Å². The van der Waals surface area contributed by atoms with Gasteiger partial charge in [0.05, 0.1) is 11.6 Å². The number of hydrogen-bond donors (Lipinski definition) is 1. The molecule has 0 spiro atoms. The molecule has 0 aromatic carbocycles. The highest BCUT2D eigenvalue weighted by Crippen LogP contribution is 1.91. The van der Waals surface area contributed by atoms with Gasteiger partial charge in [0.2, 0.25) is 9.76 Å². The minimum absolute atomic E-state index is 0.176. The lowest BCUT2D eigenvalue weighted by Gasteiger charge is -1.83. The molecule has 0 fully saturated rings. The number of rotatable bonds is 1. The van der Waals surface area contributed by atoms with Crippen molar-refractivity contribution in [3.63, 3.8) is 0 Å². The second-order valence-electron chi connectivity index (χ2n) is 0.980. The van der Waals surface area contributed by atoms with Crippen LogP contribution in [0.2, 0.25) is 5.54 Å². The molecule has 32 valence electrons. The molecule has 0 aliphatic carbocycles. The molecule has 1 atom stereocenters. The van der Waals surface area contributed by atoms with Gasteiger partial charge >= 0.3 is 0 Å². The Morgan fingerprint density at radius 1 is 2.00 bits per heavy atom. The van der Waals surface area contributed by atoms with Crippen LogP contribution in [0.1, 0.15) is 6.92 Å². The van der Waals surface area contributed by atoms with Crippen LogP contribution in [-0.4, -0.2) is 14.6 Å². The van der Waals surface area contributed by atoms with Crippen molar-refractivity contribution in [2.45, 2.75) is 12.5 Å². The fourth-order valence-corrected chi connectivity index (χ4v) is 0.0866. The summed E-state index contributed by atoms with van der Waals surface area (Å²) in [6.07, 6.45) is 0. The van der Waals surface area contributed by atoms with Crippen LogP contribution in [0.3, 0.4) is 0 Å². The van der Waals surface area contributed by atoms with Gasteiger partial charge in [-0.2, -0.15) is 5.26 Å². The Labute approximate surface area is 39.4 Å². The fourth-order valence-electron chi connectivity index (χ4n) is 0.0289. The summed E-state index contributed by atoms with van der Waals surface area (Å²) in [7, 11) is -0.230. The SMILES string of the molecule is CC(C#N)[Si]O. The summed E-state index contributed by atoms with van der Waals surface area (Å²) in [6, 6.07) is 1.88. The summed E-state index contributed by atoms with van der Waals surface area (Å²) in [5.74, 6) is 0. The van der Waals surface area contributed by atoms with Crippen molar-refractivity contribution in [2.24, 2.45) is 0 Å². The zero-order chi connectivity index (χ0) is 4.99. The topological polar surface area (TPSA) is 44.0 Å². The summed E-state index contributed by atoms with van der Waals surface area (Å²) in [5.41, 5.74) is -0.176. The first-order valence-electron chi connectivity index (χ1n) is 1.60. The molecule has 0 aliphatic rings. The Kier molecular flexibility index (Phi) is 2.72. The normalized spacial score (nSPS) is 12.8. The van der Waals surface area contributed by atoms with E-state index in [1.54, 1.807) is 6.92 Å². The quantitative estimate of drug-likeness (QED) is 0.468. The average Bonchev–Trinajstić information content (AvgIpc) is 1.65. The maximum Gasteiger partial charge on any atom is 0.243 e. The second kappa shape index (κ2) is 2.88. The van der Waals surface area contributed by atoms with Gasteiger partial charge in [0.1, 0.15) is 0 Å². The van der Waals surface area contributed by atoms with E-state index in [2.05, 4.69) is 0 Å². The maximum atomic E-state index is 8.14. The molecule has 2 nitrogen and oxygen atoms in total. The molecule has 0 amide bonds. The lowest BCUT2D eigenvalue weighted by molar-refractivity contribution is 0.594. The largest absolute Gasteiger partial charge is 0.431 e. The van der Waals surface area contributed by atoms with Crippen molar-refractivity contribution in [3.05, 3.63) is 0 Å². The third-order valence-corrected chi connectivity index (χ3v) is 0.904. The highest BCUT2D eigenvalue weighted by atomic mass is 28.2. The lowest BCUT2D eigenvalue weighted by atomic mass is 10.5. The number of nitriles is 1. The van der Waals surface area contributed by atoms with E-state index in [4.69, 9.17) is 10.1 Å². The van der Waals surface area contributed by atoms with E-state index in [0.29, 0.717) is 0 Å². The first-order valence-corrected chi connectivity index (χ1v) is 2.63. The predicted molar refractivity (Wildman–Crippen MR) is 23.0 cm³/mol. The van der Waals surface area contributed by atoms with Gasteiger partial charge < -0.3 is 4.80 Å². The summed E-state index contributed by atoms with van der Waals surface area (Å²) in [5, 5.41) is 7.93. The summed E-state index contributed by atoms with van der Waals surface area (Å²) < 4.78 is 0. The molecule has 3 heteroatoms. The standard InChI is InChI=1S/C3H5NOSi/c1-3(2-4)6-5/h3,5H,1H3. The van der Waals surface area contributed by atoms with E-state index in [-0.39, 0.29) is 15.3 Å². The highest BCUT2D eigenvalue weighted by molar-refractivity contribution is 6.28. The molecule has 0 bridgehead atoms. The Balaban J connectivity index is 3.04. The zero-order valence-electron chi connectivity index (χ0n) is 3.47. The summed E-state index contributed by atoms with van der Waals surface area (Å²) >= 11 is 0. The van der Waals surface area contributed by atoms with Crippen molar-refractivity contribution in [1.82, 2.24) is 0 Å². The first-order chi connectivity index (χ1) is 2.81. The minimum Gasteiger partial charge on any atom is -0.431 e. The van der Waals surface area contributed by atoms with Crippen molar-refractivity contribution in [3.8, 4) is 6.07 Å². The van der Waals surface area contributed by atoms with Crippen LogP contribution in [0.4, 0.5) is 0 Å². The molecular weight excluding hydrogens is 94.1 g/mol. The molecule has 0 saturated heterocycles. The van der Waals surface area contributed by atoms with Gasteiger partial charge in [-0.05, 0) is 6.92 Å². The molecule has 0 rings (SSSR count). The Hall–Kier alpha value is -0.333. The number of hydrogen-bond acceptors (Lipinski definition) is 2. The van der Waals surface area contributed by atoms with Crippen LogP contribution >= 0.6 is 0 Å². The van der Waals surface area contributed by atoms with Gasteiger partial charge in [0.15, 0.2) is 0 Å². The van der Waals surface area contributed by atoms with E-state index >= 15 is 0 Å². The Bertz CT molecular complexity index is 67.7. The second-order valence-corrected chi connectivity index (χ2v) is 2.10. The Morgan fingerprint density at radius 2 is 2.50 bits per heavy atom. The third kappa shape index (κ3) is 1.94. The van der Waals surface area contributed by atoms with E-state index < -0.39 is 0 Å². The molecule has 0 saturated carbocycles. The van der Waals surface area contributed by atoms with Gasteiger partial charge in [-0.25, -0.2) is 0 Å². The van der Waals surface area contributed by atoms with Gasteiger partial charge in [-0.3, -0.25) is 0 Å². The fraction of sp³-hybridized carbons (Fsp3) is 0.667. The molecular formula is C3H5NOSi. The molecule has 1 unspecified atom stereocenters. The maximum absolute atomic E-state index is 8.14. The van der Waals surface area contributed by atoms with Crippen LogP contribution in [0.5, 0.6) is 0 Å². The molecule has 0 aliphatic heterocycles. The predicted octanol–water partition coefficient (Wildman–Crippen LogP) is -0.0701. The minimum atomic E-state index is -0.230. The third-order valence-electron chi connectivity index (χ3n) is 0.387. The molecule has 0 aromatic rings. The Morgan fingerprint density at radius 3 is 2.50 bits per heavy atom. The van der Waals surface area contributed by atoms with Gasteiger partial charge in [-0.1, -0.05) is 0 Å². The zero-order valence-corrected chi connectivity index (χ0v) is 4.47. The van der Waals surface area contributed by atoms with Gasteiger partial charge in [0, 0.05) is 0 Å². The van der Waals surface area contributed by atoms with Crippen LogP contribution < -0.4 is 0 Å². The molecule has 2 radical (unpaired) electrons. The van der Waals surface area contributed by atoms with Crippen LogP contribution in [0, 0.1) is 11.3 Å². The summed E-state index contributed by atoms with van der Waals surface area (Å²) in [4.78, 5) is 8.14. The van der Waals surface area contributed by atoms with Crippen molar-refractivity contribution < 1.29 is 4.80 Å². The lowest BCUT2D eigenvalue weighted by Crippen LogP contribution is -1.92. The highest BCUT2D eigenvalue weighted by Gasteiger charge is 1.94. The average molecular weight is 99.2 g/mol. The van der Waals surface area contributed by atoms with Crippen LogP contribution in [0.15, 0.2) is 0 Å². The van der Waals surface area contributed by atoms with E-state index in [1.807, 2.05) is 6.07 Å². The monoisotopic (exact) mass is 99.0 g/mol.